The second kappa shape index (κ2) is 9.04. The Balaban J connectivity index is 1.99. The van der Waals surface area contributed by atoms with Gasteiger partial charge in [-0.3, -0.25) is 9.79 Å². The summed E-state index contributed by atoms with van der Waals surface area (Å²) in [7, 11) is 5.10. The lowest BCUT2D eigenvalue weighted by atomic mass is 10.0. The molecule has 0 fully saturated rings. The molecule has 0 saturated heterocycles. The first-order chi connectivity index (χ1) is 15.1. The minimum Gasteiger partial charge on any atom is -0.363 e. The molecule has 0 aliphatic rings. The van der Waals surface area contributed by atoms with Gasteiger partial charge in [-0.25, -0.2) is 9.67 Å². The smallest absolute Gasteiger partial charge is 0.363 e. The Kier molecular flexibility index (Phi) is 6.42. The molecule has 1 aromatic carbocycles. The minimum absolute atomic E-state index is 0.0204. The molecule has 3 rings (SSSR count). The van der Waals surface area contributed by atoms with E-state index in [9.17, 15) is 18.0 Å². The van der Waals surface area contributed by atoms with Crippen molar-refractivity contribution in [1.82, 2.24) is 14.8 Å². The maximum absolute atomic E-state index is 13.5. The Morgan fingerprint density at radius 3 is 2.47 bits per heavy atom. The summed E-state index contributed by atoms with van der Waals surface area (Å²) in [5.74, 6) is 0.294. The van der Waals surface area contributed by atoms with Gasteiger partial charge in [0.15, 0.2) is 0 Å². The van der Waals surface area contributed by atoms with E-state index in [1.165, 1.54) is 37.4 Å². The van der Waals surface area contributed by atoms with Crippen LogP contribution in [0.4, 0.5) is 24.8 Å². The average Bonchev–Trinajstić information content (AvgIpc) is 2.77. The van der Waals surface area contributed by atoms with Crippen molar-refractivity contribution in [3.8, 4) is 11.3 Å². The Labute approximate surface area is 182 Å². The number of alkyl halides is 3. The monoisotopic (exact) mass is 442 g/mol. The summed E-state index contributed by atoms with van der Waals surface area (Å²) in [6, 6.07) is 13.1. The van der Waals surface area contributed by atoms with Gasteiger partial charge in [0, 0.05) is 26.7 Å². The highest BCUT2D eigenvalue weighted by molar-refractivity contribution is 6.19. The first-order valence-electron chi connectivity index (χ1n) is 9.46. The number of carbonyl (C=O) groups excluding carboxylic acids is 1. The van der Waals surface area contributed by atoms with Gasteiger partial charge in [-0.05, 0) is 30.3 Å². The van der Waals surface area contributed by atoms with Crippen LogP contribution >= 0.6 is 0 Å². The van der Waals surface area contributed by atoms with Crippen molar-refractivity contribution in [2.45, 2.75) is 6.18 Å². The molecule has 1 amide bonds. The SMILES string of the molecule is C=C(C(=O)Nc1cccc(N(C)C)n1)n1nc(-c2ccccc2C(F)(F)F)ccc1=NC. The second-order valence-corrected chi connectivity index (χ2v) is 6.93. The van der Waals surface area contributed by atoms with Crippen molar-refractivity contribution < 1.29 is 18.0 Å². The van der Waals surface area contributed by atoms with Crippen LogP contribution in [-0.2, 0) is 11.0 Å². The molecule has 0 saturated carbocycles. The van der Waals surface area contributed by atoms with Gasteiger partial charge >= 0.3 is 6.18 Å². The number of anilines is 2. The fourth-order valence-electron chi connectivity index (χ4n) is 2.91. The molecule has 1 N–H and O–H groups in total. The van der Waals surface area contributed by atoms with E-state index in [0.29, 0.717) is 5.82 Å². The molecular formula is C22H21F3N6O. The summed E-state index contributed by atoms with van der Waals surface area (Å²) in [6.07, 6.45) is -4.56. The topological polar surface area (TPSA) is 75.4 Å². The van der Waals surface area contributed by atoms with E-state index in [2.05, 4.69) is 27.0 Å². The van der Waals surface area contributed by atoms with Crippen LogP contribution in [0.15, 0.2) is 66.2 Å². The van der Waals surface area contributed by atoms with Crippen LogP contribution in [0.25, 0.3) is 17.0 Å². The standard InChI is InChI=1S/C22H21F3N6O/c1-14(21(32)28-18-10-7-11-20(27-18)30(3)4)31-19(26-2)13-12-17(29-31)15-8-5-6-9-16(15)22(23,24)25/h5-13H,1H2,2-4H3,(H,27,28,32). The Morgan fingerprint density at radius 1 is 1.09 bits per heavy atom. The van der Waals surface area contributed by atoms with Gasteiger partial charge in [0.05, 0.1) is 11.3 Å². The maximum atomic E-state index is 13.5. The maximum Gasteiger partial charge on any atom is 0.417 e. The van der Waals surface area contributed by atoms with Crippen LogP contribution in [0.1, 0.15) is 5.56 Å². The highest BCUT2D eigenvalue weighted by atomic mass is 19.4. The molecule has 7 nitrogen and oxygen atoms in total. The van der Waals surface area contributed by atoms with Gasteiger partial charge in [-0.15, -0.1) is 0 Å². The van der Waals surface area contributed by atoms with Crippen LogP contribution in [0, 0.1) is 0 Å². The van der Waals surface area contributed by atoms with Crippen molar-refractivity contribution in [3.63, 3.8) is 0 Å². The molecule has 166 valence electrons. The number of nitrogens with zero attached hydrogens (tertiary/aromatic N) is 5. The molecule has 0 spiro atoms. The number of amides is 1. The van der Waals surface area contributed by atoms with E-state index in [1.54, 1.807) is 23.1 Å². The van der Waals surface area contributed by atoms with Gasteiger partial charge in [-0.2, -0.15) is 18.3 Å². The van der Waals surface area contributed by atoms with Gasteiger partial charge in [-0.1, -0.05) is 30.8 Å². The predicted octanol–water partition coefficient (Wildman–Crippen LogP) is 3.67. The third-order valence-electron chi connectivity index (χ3n) is 4.50. The molecule has 0 aliphatic heterocycles. The predicted molar refractivity (Wildman–Crippen MR) is 117 cm³/mol. The molecule has 0 atom stereocenters. The van der Waals surface area contributed by atoms with Crippen LogP contribution in [0.3, 0.4) is 0 Å². The van der Waals surface area contributed by atoms with Gasteiger partial charge < -0.3 is 10.2 Å². The lowest BCUT2D eigenvalue weighted by Gasteiger charge is -2.15. The number of benzene rings is 1. The number of halogens is 3. The van der Waals surface area contributed by atoms with Crippen molar-refractivity contribution in [2.24, 2.45) is 4.99 Å². The summed E-state index contributed by atoms with van der Waals surface area (Å²) in [4.78, 5) is 22.9. The minimum atomic E-state index is -4.56. The van der Waals surface area contributed by atoms with E-state index in [-0.39, 0.29) is 28.3 Å². The molecular weight excluding hydrogens is 421 g/mol. The highest BCUT2D eigenvalue weighted by Gasteiger charge is 2.33. The Bertz CT molecular complexity index is 1230. The van der Waals surface area contributed by atoms with Crippen LogP contribution in [0.5, 0.6) is 0 Å². The fourth-order valence-corrected chi connectivity index (χ4v) is 2.91. The molecule has 0 unspecified atom stereocenters. The average molecular weight is 442 g/mol. The van der Waals surface area contributed by atoms with E-state index < -0.39 is 17.6 Å². The zero-order valence-electron chi connectivity index (χ0n) is 17.7. The lowest BCUT2D eigenvalue weighted by Crippen LogP contribution is -2.29. The third kappa shape index (κ3) is 4.85. The number of hydrogen-bond donors (Lipinski definition) is 1. The summed E-state index contributed by atoms with van der Waals surface area (Å²) in [5, 5.41) is 6.85. The highest BCUT2D eigenvalue weighted by Crippen LogP contribution is 2.36. The number of hydrogen-bond acceptors (Lipinski definition) is 5. The first kappa shape index (κ1) is 22.7. The van der Waals surface area contributed by atoms with Gasteiger partial charge in [0.1, 0.15) is 22.8 Å². The van der Waals surface area contributed by atoms with Crippen molar-refractivity contribution >= 4 is 23.2 Å². The van der Waals surface area contributed by atoms with Crippen molar-refractivity contribution in [2.75, 3.05) is 31.4 Å². The number of aromatic nitrogens is 3. The summed E-state index contributed by atoms with van der Waals surface area (Å²) < 4.78 is 41.5. The molecule has 3 aromatic rings. The molecule has 2 aromatic heterocycles. The number of nitrogens with one attached hydrogen (secondary N) is 1. The fraction of sp³-hybridized carbons (Fsp3) is 0.182. The summed E-state index contributed by atoms with van der Waals surface area (Å²) >= 11 is 0. The van der Waals surface area contributed by atoms with Crippen molar-refractivity contribution in [3.05, 3.63) is 72.2 Å². The van der Waals surface area contributed by atoms with Crippen LogP contribution in [0.2, 0.25) is 0 Å². The van der Waals surface area contributed by atoms with E-state index in [1.807, 2.05) is 14.1 Å². The third-order valence-corrected chi connectivity index (χ3v) is 4.50. The molecule has 32 heavy (non-hydrogen) atoms. The van der Waals surface area contributed by atoms with Gasteiger partial charge in [0.25, 0.3) is 5.91 Å². The summed E-state index contributed by atoms with van der Waals surface area (Å²) in [6.45, 7) is 3.76. The van der Waals surface area contributed by atoms with Crippen LogP contribution in [-0.4, -0.2) is 41.8 Å². The first-order valence-corrected chi connectivity index (χ1v) is 9.46. The molecule has 10 heteroatoms. The van der Waals surface area contributed by atoms with E-state index >= 15 is 0 Å². The summed E-state index contributed by atoms with van der Waals surface area (Å²) in [5.41, 5.74) is -0.820. The Morgan fingerprint density at radius 2 is 1.81 bits per heavy atom. The largest absolute Gasteiger partial charge is 0.417 e. The second-order valence-electron chi connectivity index (χ2n) is 6.93. The van der Waals surface area contributed by atoms with E-state index in [0.717, 1.165) is 10.7 Å². The normalized spacial score (nSPS) is 11.9. The number of pyridine rings is 1. The number of carbonyl (C=O) groups is 1. The van der Waals surface area contributed by atoms with Crippen LogP contribution < -0.4 is 15.7 Å². The molecule has 0 bridgehead atoms. The quantitative estimate of drug-likeness (QED) is 0.612. The molecule has 0 aliphatic carbocycles. The van der Waals surface area contributed by atoms with Gasteiger partial charge in [0.2, 0.25) is 0 Å². The zero-order valence-corrected chi connectivity index (χ0v) is 17.7. The zero-order chi connectivity index (χ0) is 23.5. The number of rotatable bonds is 5. The Hall–Kier alpha value is -3.95. The molecule has 0 radical (unpaired) electrons. The van der Waals surface area contributed by atoms with Crippen molar-refractivity contribution in [1.29, 1.82) is 0 Å². The van der Waals surface area contributed by atoms with E-state index in [4.69, 9.17) is 0 Å². The molecule has 2 heterocycles. The lowest BCUT2D eigenvalue weighted by molar-refractivity contribution is -0.137.